The third-order valence-corrected chi connectivity index (χ3v) is 3.40. The summed E-state index contributed by atoms with van der Waals surface area (Å²) in [7, 11) is 0. The minimum absolute atomic E-state index is 0.0842. The number of halogens is 1. The van der Waals surface area contributed by atoms with Crippen molar-refractivity contribution in [1.82, 2.24) is 9.47 Å². The first-order valence-corrected chi connectivity index (χ1v) is 7.33. The summed E-state index contributed by atoms with van der Waals surface area (Å²) in [5.74, 6) is -1.13. The predicted molar refractivity (Wildman–Crippen MR) is 82.9 cm³/mol. The highest BCUT2D eigenvalue weighted by Crippen LogP contribution is 2.23. The molecule has 1 aromatic rings. The molecular weight excluding hydrogens is 292 g/mol. The smallest absolute Gasteiger partial charge is 0.305 e. The Morgan fingerprint density at radius 3 is 2.38 bits per heavy atom. The van der Waals surface area contributed by atoms with Gasteiger partial charge in [-0.25, -0.2) is 0 Å². The number of aliphatic carboxylic acids is 1. The van der Waals surface area contributed by atoms with Crippen molar-refractivity contribution in [2.24, 2.45) is 0 Å². The molecule has 0 aliphatic carbocycles. The molecule has 0 bridgehead atoms. The van der Waals surface area contributed by atoms with Gasteiger partial charge in [-0.1, -0.05) is 11.6 Å². The van der Waals surface area contributed by atoms with Crippen molar-refractivity contribution < 1.29 is 14.7 Å². The van der Waals surface area contributed by atoms with Gasteiger partial charge in [0.25, 0.3) is 5.91 Å². The zero-order chi connectivity index (χ0) is 16.4. The average molecular weight is 315 g/mol. The van der Waals surface area contributed by atoms with E-state index in [0.717, 1.165) is 0 Å². The van der Waals surface area contributed by atoms with Crippen LogP contribution in [-0.2, 0) is 4.79 Å². The largest absolute Gasteiger partial charge is 0.481 e. The fourth-order valence-electron chi connectivity index (χ4n) is 2.13. The van der Waals surface area contributed by atoms with E-state index in [1.807, 2.05) is 39.2 Å². The summed E-state index contributed by atoms with van der Waals surface area (Å²) in [5, 5.41) is 9.36. The molecule has 1 N–H and O–H groups in total. The van der Waals surface area contributed by atoms with E-state index in [2.05, 4.69) is 0 Å². The summed E-state index contributed by atoms with van der Waals surface area (Å²) in [5.41, 5.74) is 0.0146. The third-order valence-electron chi connectivity index (χ3n) is 3.19. The van der Waals surface area contributed by atoms with Crippen molar-refractivity contribution in [2.75, 3.05) is 6.54 Å². The Kier molecular flexibility index (Phi) is 5.45. The van der Waals surface area contributed by atoms with E-state index in [9.17, 15) is 9.59 Å². The Balaban J connectivity index is 3.14. The molecule has 21 heavy (non-hydrogen) atoms. The first-order valence-electron chi connectivity index (χ1n) is 6.95. The average Bonchev–Trinajstić information content (AvgIpc) is 2.69. The second-order valence-corrected chi connectivity index (χ2v) is 6.75. The number of rotatable bonds is 5. The van der Waals surface area contributed by atoms with Gasteiger partial charge in [-0.3, -0.25) is 9.59 Å². The summed E-state index contributed by atoms with van der Waals surface area (Å²) in [4.78, 5) is 25.2. The van der Waals surface area contributed by atoms with Crippen LogP contribution in [0.3, 0.4) is 0 Å². The van der Waals surface area contributed by atoms with Gasteiger partial charge in [0.05, 0.1) is 11.4 Å². The molecule has 5 nitrogen and oxygen atoms in total. The second-order valence-electron chi connectivity index (χ2n) is 6.32. The van der Waals surface area contributed by atoms with E-state index in [-0.39, 0.29) is 24.9 Å². The number of carbonyl (C=O) groups is 2. The van der Waals surface area contributed by atoms with Crippen molar-refractivity contribution in [1.29, 1.82) is 0 Å². The molecule has 118 valence electrons. The van der Waals surface area contributed by atoms with Crippen LogP contribution in [0.5, 0.6) is 0 Å². The van der Waals surface area contributed by atoms with Crippen LogP contribution in [0.2, 0.25) is 5.02 Å². The Hall–Kier alpha value is -1.49. The van der Waals surface area contributed by atoms with E-state index in [1.54, 1.807) is 17.2 Å². The van der Waals surface area contributed by atoms with Crippen molar-refractivity contribution >= 4 is 23.5 Å². The topological polar surface area (TPSA) is 62.5 Å². The quantitative estimate of drug-likeness (QED) is 0.905. The number of carboxylic acid groups (broad SMARTS) is 1. The zero-order valence-electron chi connectivity index (χ0n) is 13.2. The van der Waals surface area contributed by atoms with E-state index >= 15 is 0 Å². The zero-order valence-corrected chi connectivity index (χ0v) is 13.9. The SMILES string of the molecule is CC(C)n1cc(Cl)cc1C(=O)N(CCC(=O)O)C(C)(C)C. The van der Waals surface area contributed by atoms with Crippen LogP contribution in [0.25, 0.3) is 0 Å². The van der Waals surface area contributed by atoms with Crippen molar-refractivity contribution in [3.8, 4) is 0 Å². The van der Waals surface area contributed by atoms with Crippen LogP contribution in [0, 0.1) is 0 Å². The Morgan fingerprint density at radius 1 is 1.38 bits per heavy atom. The summed E-state index contributed by atoms with van der Waals surface area (Å²) < 4.78 is 1.81. The van der Waals surface area contributed by atoms with E-state index < -0.39 is 11.5 Å². The van der Waals surface area contributed by atoms with Gasteiger partial charge in [-0.15, -0.1) is 0 Å². The van der Waals surface area contributed by atoms with Crippen LogP contribution in [-0.4, -0.2) is 38.5 Å². The van der Waals surface area contributed by atoms with E-state index in [0.29, 0.717) is 10.7 Å². The number of carboxylic acids is 1. The van der Waals surface area contributed by atoms with Gasteiger partial charge < -0.3 is 14.6 Å². The number of amides is 1. The fraction of sp³-hybridized carbons (Fsp3) is 0.600. The van der Waals surface area contributed by atoms with Gasteiger partial charge >= 0.3 is 5.97 Å². The molecule has 6 heteroatoms. The lowest BCUT2D eigenvalue weighted by atomic mass is 10.0. The molecule has 0 aromatic carbocycles. The van der Waals surface area contributed by atoms with Crippen LogP contribution in [0.4, 0.5) is 0 Å². The second kappa shape index (κ2) is 6.52. The number of carbonyl (C=O) groups excluding carboxylic acids is 1. The number of hydrogen-bond acceptors (Lipinski definition) is 2. The van der Waals surface area contributed by atoms with Gasteiger partial charge in [0.15, 0.2) is 0 Å². The molecule has 1 aromatic heterocycles. The molecule has 1 amide bonds. The summed E-state index contributed by atoms with van der Waals surface area (Å²) in [6.45, 7) is 9.75. The molecule has 0 fully saturated rings. The minimum atomic E-state index is -0.922. The number of nitrogens with zero attached hydrogens (tertiary/aromatic N) is 2. The lowest BCUT2D eigenvalue weighted by molar-refractivity contribution is -0.137. The van der Waals surface area contributed by atoms with Gasteiger partial charge in [0.1, 0.15) is 5.69 Å². The Labute approximate surface area is 130 Å². The Bertz CT molecular complexity index is 530. The highest BCUT2D eigenvalue weighted by molar-refractivity contribution is 6.31. The number of aromatic nitrogens is 1. The maximum atomic E-state index is 12.8. The van der Waals surface area contributed by atoms with Gasteiger partial charge in [-0.05, 0) is 40.7 Å². The molecule has 0 aliphatic rings. The first kappa shape index (κ1) is 17.6. The molecule has 0 radical (unpaired) electrons. The maximum absolute atomic E-state index is 12.8. The fourth-order valence-corrected chi connectivity index (χ4v) is 2.34. The summed E-state index contributed by atoms with van der Waals surface area (Å²) in [6, 6.07) is 1.72. The molecule has 0 saturated heterocycles. The summed E-state index contributed by atoms with van der Waals surface area (Å²) in [6.07, 6.45) is 1.64. The highest BCUT2D eigenvalue weighted by Gasteiger charge is 2.30. The maximum Gasteiger partial charge on any atom is 0.305 e. The first-order chi connectivity index (χ1) is 9.54. The molecular formula is C15H23ClN2O3. The van der Waals surface area contributed by atoms with Gasteiger partial charge in [0, 0.05) is 24.3 Å². The molecule has 0 aliphatic heterocycles. The minimum Gasteiger partial charge on any atom is -0.481 e. The van der Waals surface area contributed by atoms with E-state index in [4.69, 9.17) is 16.7 Å². The monoisotopic (exact) mass is 314 g/mol. The van der Waals surface area contributed by atoms with Crippen molar-refractivity contribution in [3.63, 3.8) is 0 Å². The van der Waals surface area contributed by atoms with Crippen molar-refractivity contribution in [2.45, 2.75) is 52.6 Å². The Morgan fingerprint density at radius 2 is 1.95 bits per heavy atom. The highest BCUT2D eigenvalue weighted by atomic mass is 35.5. The van der Waals surface area contributed by atoms with Gasteiger partial charge in [0.2, 0.25) is 0 Å². The predicted octanol–water partition coefficient (Wildman–Crippen LogP) is 3.44. The molecule has 0 saturated carbocycles. The molecule has 1 heterocycles. The van der Waals surface area contributed by atoms with Crippen LogP contribution < -0.4 is 0 Å². The lowest BCUT2D eigenvalue weighted by Crippen LogP contribution is -2.47. The van der Waals surface area contributed by atoms with Crippen LogP contribution in [0.1, 0.15) is 57.6 Å². The molecule has 0 atom stereocenters. The number of hydrogen-bond donors (Lipinski definition) is 1. The third kappa shape index (κ3) is 4.49. The van der Waals surface area contributed by atoms with E-state index in [1.165, 1.54) is 0 Å². The lowest BCUT2D eigenvalue weighted by Gasteiger charge is -2.35. The normalized spacial score (nSPS) is 11.8. The van der Waals surface area contributed by atoms with Crippen LogP contribution in [0.15, 0.2) is 12.3 Å². The standard InChI is InChI=1S/C15H23ClN2O3/c1-10(2)17-9-11(16)8-12(17)14(21)18(15(3,4)5)7-6-13(19)20/h8-10H,6-7H2,1-5H3,(H,19,20). The molecule has 0 unspecified atom stereocenters. The van der Waals surface area contributed by atoms with Crippen molar-refractivity contribution in [3.05, 3.63) is 23.0 Å². The molecule has 0 spiro atoms. The molecule has 1 rings (SSSR count). The van der Waals surface area contributed by atoms with Gasteiger partial charge in [-0.2, -0.15) is 0 Å². The summed E-state index contributed by atoms with van der Waals surface area (Å²) >= 11 is 6.01. The van der Waals surface area contributed by atoms with Crippen LogP contribution >= 0.6 is 11.6 Å².